The number of aliphatic hydroxyl groups is 2. The van der Waals surface area contributed by atoms with Crippen LogP contribution in [0.5, 0.6) is 0 Å². The third kappa shape index (κ3) is 4.65. The zero-order chi connectivity index (χ0) is 7.98. The van der Waals surface area contributed by atoms with Crippen molar-refractivity contribution in [2.75, 3.05) is 0 Å². The predicted molar refractivity (Wildman–Crippen MR) is 41.5 cm³/mol. The Morgan fingerprint density at radius 3 is 2.30 bits per heavy atom. The first kappa shape index (κ1) is 9.79. The first-order valence-electron chi connectivity index (χ1n) is 3.86. The Kier molecular flexibility index (Phi) is 5.45. The second kappa shape index (κ2) is 5.57. The summed E-state index contributed by atoms with van der Waals surface area (Å²) >= 11 is 0. The lowest BCUT2D eigenvalue weighted by molar-refractivity contribution is 0.0765. The molecule has 0 radical (unpaired) electrons. The Labute approximate surface area is 62.9 Å². The minimum atomic E-state index is -0.429. The van der Waals surface area contributed by atoms with Crippen LogP contribution in [0.15, 0.2) is 0 Å². The van der Waals surface area contributed by atoms with Gasteiger partial charge in [0.1, 0.15) is 6.42 Å². The van der Waals surface area contributed by atoms with Gasteiger partial charge in [0.15, 0.2) is 0 Å². The molecule has 0 aromatic rings. The van der Waals surface area contributed by atoms with E-state index in [4.69, 9.17) is 10.2 Å². The van der Waals surface area contributed by atoms with Crippen molar-refractivity contribution in [1.82, 2.24) is 0 Å². The molecule has 0 bridgehead atoms. The standard InChI is InChI=1S/C8H17O2/c1-3-5-8(10)6-7(9)4-2/h7-10H,2-6H2,1H3/q+1. The van der Waals surface area contributed by atoms with Crippen LogP contribution in [0, 0.1) is 6.92 Å². The molecule has 2 nitrogen and oxygen atoms in total. The number of hydrogen-bond acceptors (Lipinski definition) is 2. The molecule has 0 spiro atoms. The second-order valence-corrected chi connectivity index (χ2v) is 2.62. The summed E-state index contributed by atoms with van der Waals surface area (Å²) < 4.78 is 0. The van der Waals surface area contributed by atoms with Crippen molar-refractivity contribution in [1.29, 1.82) is 0 Å². The SMILES string of the molecule is [CH2+]CC(O)CC(O)CCC. The average molecular weight is 145 g/mol. The number of hydrogen-bond donors (Lipinski definition) is 2. The van der Waals surface area contributed by atoms with Crippen molar-refractivity contribution < 1.29 is 10.2 Å². The van der Waals surface area contributed by atoms with Crippen molar-refractivity contribution in [3.05, 3.63) is 6.92 Å². The normalized spacial score (nSPS) is 16.7. The molecule has 10 heavy (non-hydrogen) atoms. The highest BCUT2D eigenvalue weighted by Crippen LogP contribution is 2.06. The third-order valence-corrected chi connectivity index (χ3v) is 1.50. The summed E-state index contributed by atoms with van der Waals surface area (Å²) in [4.78, 5) is 0. The maximum Gasteiger partial charge on any atom is 0.111 e. The maximum absolute atomic E-state index is 9.16. The highest BCUT2D eigenvalue weighted by atomic mass is 16.3. The minimum Gasteiger partial charge on any atom is -0.393 e. The predicted octanol–water partition coefficient (Wildman–Crippen LogP) is 1.12. The van der Waals surface area contributed by atoms with E-state index in [-0.39, 0.29) is 6.10 Å². The van der Waals surface area contributed by atoms with Crippen LogP contribution in [0.4, 0.5) is 0 Å². The molecule has 2 unspecified atom stereocenters. The summed E-state index contributed by atoms with van der Waals surface area (Å²) in [6, 6.07) is 0. The summed E-state index contributed by atoms with van der Waals surface area (Å²) in [6.07, 6.45) is 1.92. The summed E-state index contributed by atoms with van der Waals surface area (Å²) in [7, 11) is 0. The fourth-order valence-corrected chi connectivity index (χ4v) is 0.883. The molecule has 0 amide bonds. The van der Waals surface area contributed by atoms with E-state index in [0.717, 1.165) is 12.8 Å². The van der Waals surface area contributed by atoms with Gasteiger partial charge < -0.3 is 10.2 Å². The Hall–Kier alpha value is -0.210. The molecule has 0 aliphatic carbocycles. The van der Waals surface area contributed by atoms with E-state index < -0.39 is 6.10 Å². The van der Waals surface area contributed by atoms with Crippen molar-refractivity contribution in [3.63, 3.8) is 0 Å². The first-order valence-corrected chi connectivity index (χ1v) is 3.86. The zero-order valence-electron chi connectivity index (χ0n) is 6.58. The molecule has 0 saturated carbocycles. The quantitative estimate of drug-likeness (QED) is 0.569. The smallest absolute Gasteiger partial charge is 0.111 e. The molecule has 0 rings (SSSR count). The Morgan fingerprint density at radius 2 is 1.90 bits per heavy atom. The van der Waals surface area contributed by atoms with Crippen LogP contribution in [0.3, 0.4) is 0 Å². The lowest BCUT2D eigenvalue weighted by Gasteiger charge is -2.10. The Morgan fingerprint density at radius 1 is 1.30 bits per heavy atom. The van der Waals surface area contributed by atoms with Crippen LogP contribution in [0.2, 0.25) is 0 Å². The van der Waals surface area contributed by atoms with Gasteiger partial charge in [-0.25, -0.2) is 0 Å². The zero-order valence-corrected chi connectivity index (χ0v) is 6.58. The van der Waals surface area contributed by atoms with Crippen LogP contribution in [-0.2, 0) is 0 Å². The van der Waals surface area contributed by atoms with Crippen molar-refractivity contribution in [2.24, 2.45) is 0 Å². The monoisotopic (exact) mass is 145 g/mol. The van der Waals surface area contributed by atoms with E-state index in [0.29, 0.717) is 12.8 Å². The second-order valence-electron chi connectivity index (χ2n) is 2.62. The van der Waals surface area contributed by atoms with Gasteiger partial charge in [-0.1, -0.05) is 13.3 Å². The van der Waals surface area contributed by atoms with E-state index in [1.54, 1.807) is 0 Å². The van der Waals surface area contributed by atoms with Gasteiger partial charge in [0.05, 0.1) is 19.1 Å². The van der Waals surface area contributed by atoms with Gasteiger partial charge in [-0.3, -0.25) is 0 Å². The third-order valence-electron chi connectivity index (χ3n) is 1.50. The van der Waals surface area contributed by atoms with Gasteiger partial charge in [0.25, 0.3) is 0 Å². The highest BCUT2D eigenvalue weighted by molar-refractivity contribution is 4.63. The first-order chi connectivity index (χ1) is 4.70. The van der Waals surface area contributed by atoms with E-state index in [1.807, 2.05) is 6.92 Å². The molecule has 0 heterocycles. The molecule has 0 aliphatic rings. The van der Waals surface area contributed by atoms with Gasteiger partial charge in [-0.2, -0.15) is 0 Å². The molecule has 0 aromatic heterocycles. The Bertz CT molecular complexity index is 73.7. The molecular weight excluding hydrogens is 128 g/mol. The van der Waals surface area contributed by atoms with Gasteiger partial charge in [0, 0.05) is 6.42 Å². The van der Waals surface area contributed by atoms with Crippen molar-refractivity contribution in [3.8, 4) is 0 Å². The topological polar surface area (TPSA) is 40.5 Å². The molecule has 2 N–H and O–H groups in total. The molecule has 0 saturated heterocycles. The summed E-state index contributed by atoms with van der Waals surface area (Å²) in [5.41, 5.74) is 0. The molecule has 60 valence electrons. The molecule has 0 fully saturated rings. The lowest BCUT2D eigenvalue weighted by atomic mass is 10.1. The van der Waals surface area contributed by atoms with E-state index in [9.17, 15) is 0 Å². The largest absolute Gasteiger partial charge is 0.393 e. The fraction of sp³-hybridized carbons (Fsp3) is 0.875. The van der Waals surface area contributed by atoms with Crippen molar-refractivity contribution in [2.45, 2.75) is 44.8 Å². The summed E-state index contributed by atoms with van der Waals surface area (Å²) in [5, 5.41) is 18.2. The van der Waals surface area contributed by atoms with Gasteiger partial charge in [-0.05, 0) is 6.42 Å². The molecule has 0 aliphatic heterocycles. The van der Waals surface area contributed by atoms with Crippen LogP contribution in [0.25, 0.3) is 0 Å². The van der Waals surface area contributed by atoms with E-state index >= 15 is 0 Å². The Balaban J connectivity index is 3.27. The average Bonchev–Trinajstić information content (AvgIpc) is 1.88. The maximum atomic E-state index is 9.16. The highest BCUT2D eigenvalue weighted by Gasteiger charge is 2.10. The van der Waals surface area contributed by atoms with E-state index in [1.165, 1.54) is 0 Å². The van der Waals surface area contributed by atoms with Crippen LogP contribution >= 0.6 is 0 Å². The van der Waals surface area contributed by atoms with E-state index in [2.05, 4.69) is 6.92 Å². The molecule has 0 aromatic carbocycles. The molecule has 2 heteroatoms. The number of aliphatic hydroxyl groups excluding tert-OH is 2. The van der Waals surface area contributed by atoms with Gasteiger partial charge in [-0.15, -0.1) is 0 Å². The fourth-order valence-electron chi connectivity index (χ4n) is 0.883. The summed E-state index contributed by atoms with van der Waals surface area (Å²) in [5.74, 6) is 0. The number of rotatable bonds is 5. The van der Waals surface area contributed by atoms with Crippen LogP contribution < -0.4 is 0 Å². The van der Waals surface area contributed by atoms with Gasteiger partial charge >= 0.3 is 0 Å². The molecular formula is C8H17O2+. The lowest BCUT2D eigenvalue weighted by Crippen LogP contribution is -2.16. The summed E-state index contributed by atoms with van der Waals surface area (Å²) in [6.45, 7) is 5.55. The van der Waals surface area contributed by atoms with Gasteiger partial charge in [0.2, 0.25) is 0 Å². The van der Waals surface area contributed by atoms with Crippen LogP contribution in [0.1, 0.15) is 32.6 Å². The minimum absolute atomic E-state index is 0.346. The van der Waals surface area contributed by atoms with Crippen molar-refractivity contribution >= 4 is 0 Å². The van der Waals surface area contributed by atoms with Crippen LogP contribution in [-0.4, -0.2) is 22.4 Å². The molecule has 2 atom stereocenters.